The standard InChI is InChI=1S/C29H31BrN6O4/c1-4-5-26(38)36(24-14-17(2)22(30)15-21(24)18-6-7-18)25-13-12-23-27(33-25)28(34-35(23)3)40-20-10-8-19(9-11-20)32-29(39)31-16-37/h12-16,18-20H,6-11H2,1-3H3,(H2,31,32,37,39). The van der Waals surface area contributed by atoms with Crippen molar-refractivity contribution >= 4 is 56.8 Å². The Hall–Kier alpha value is -3.91. The lowest BCUT2D eigenvalue weighted by atomic mass is 9.93. The molecule has 0 unspecified atom stereocenters. The number of hydrogen-bond acceptors (Lipinski definition) is 6. The van der Waals surface area contributed by atoms with Crippen LogP contribution in [-0.4, -0.2) is 45.3 Å². The van der Waals surface area contributed by atoms with Crippen LogP contribution in [0.2, 0.25) is 0 Å². The molecule has 10 nitrogen and oxygen atoms in total. The number of amides is 4. The normalized spacial score (nSPS) is 18.4. The average Bonchev–Trinajstić information content (AvgIpc) is 3.72. The third-order valence-corrected chi connectivity index (χ3v) is 8.21. The van der Waals surface area contributed by atoms with Crippen molar-refractivity contribution in [2.45, 2.75) is 70.4 Å². The molecule has 0 bridgehead atoms. The van der Waals surface area contributed by atoms with Crippen molar-refractivity contribution in [2.75, 3.05) is 4.90 Å². The summed E-state index contributed by atoms with van der Waals surface area (Å²) in [5, 5.41) is 9.49. The average molecular weight is 608 g/mol. The summed E-state index contributed by atoms with van der Waals surface area (Å²) in [6.07, 6.45) is 5.28. The minimum absolute atomic E-state index is 0.0284. The Balaban J connectivity index is 1.45. The number of urea groups is 1. The van der Waals surface area contributed by atoms with E-state index in [4.69, 9.17) is 9.72 Å². The number of fused-ring (bicyclic) bond motifs is 1. The molecule has 208 valence electrons. The number of imide groups is 1. The van der Waals surface area contributed by atoms with Gasteiger partial charge in [0.15, 0.2) is 5.52 Å². The summed E-state index contributed by atoms with van der Waals surface area (Å²) in [5.41, 5.74) is 4.25. The van der Waals surface area contributed by atoms with Crippen molar-refractivity contribution in [2.24, 2.45) is 7.05 Å². The molecule has 2 heterocycles. The number of nitrogens with one attached hydrogen (secondary N) is 2. The number of hydrogen-bond donors (Lipinski definition) is 2. The number of pyridine rings is 1. The maximum absolute atomic E-state index is 13.4. The van der Waals surface area contributed by atoms with Gasteiger partial charge in [-0.1, -0.05) is 21.9 Å². The van der Waals surface area contributed by atoms with Gasteiger partial charge in [-0.05, 0) is 99.6 Å². The summed E-state index contributed by atoms with van der Waals surface area (Å²) < 4.78 is 9.05. The lowest BCUT2D eigenvalue weighted by molar-refractivity contribution is -0.112. The van der Waals surface area contributed by atoms with E-state index < -0.39 is 6.03 Å². The van der Waals surface area contributed by atoms with Gasteiger partial charge in [0.05, 0.1) is 11.2 Å². The van der Waals surface area contributed by atoms with Crippen LogP contribution in [0.5, 0.6) is 5.88 Å². The summed E-state index contributed by atoms with van der Waals surface area (Å²) in [4.78, 5) is 42.1. The number of anilines is 2. The topological polar surface area (TPSA) is 118 Å². The van der Waals surface area contributed by atoms with E-state index in [2.05, 4.69) is 49.6 Å². The predicted molar refractivity (Wildman–Crippen MR) is 154 cm³/mol. The van der Waals surface area contributed by atoms with Gasteiger partial charge >= 0.3 is 11.9 Å². The van der Waals surface area contributed by atoms with Gasteiger partial charge in [-0.25, -0.2) is 9.78 Å². The number of carbonyl (C=O) groups excluding carboxylic acids is 3. The summed E-state index contributed by atoms with van der Waals surface area (Å²) in [6, 6.07) is 7.31. The molecular weight excluding hydrogens is 576 g/mol. The van der Waals surface area contributed by atoms with Crippen LogP contribution in [0.15, 0.2) is 28.7 Å². The molecule has 3 aromatic rings. The Morgan fingerprint density at radius 3 is 2.60 bits per heavy atom. The van der Waals surface area contributed by atoms with Crippen molar-refractivity contribution < 1.29 is 19.1 Å². The van der Waals surface area contributed by atoms with Crippen molar-refractivity contribution in [3.05, 3.63) is 39.9 Å². The Bertz CT molecular complexity index is 1530. The Kier molecular flexibility index (Phi) is 8.07. The Morgan fingerprint density at radius 1 is 1.18 bits per heavy atom. The first-order chi connectivity index (χ1) is 19.3. The van der Waals surface area contributed by atoms with Crippen LogP contribution >= 0.6 is 15.9 Å². The smallest absolute Gasteiger partial charge is 0.321 e. The largest absolute Gasteiger partial charge is 0.472 e. The van der Waals surface area contributed by atoms with Gasteiger partial charge in [-0.15, -0.1) is 5.10 Å². The molecule has 0 spiro atoms. The highest BCUT2D eigenvalue weighted by molar-refractivity contribution is 9.10. The maximum Gasteiger partial charge on any atom is 0.321 e. The number of halogens is 1. The van der Waals surface area contributed by atoms with Crippen LogP contribution in [0.25, 0.3) is 11.0 Å². The van der Waals surface area contributed by atoms with Gasteiger partial charge < -0.3 is 10.1 Å². The van der Waals surface area contributed by atoms with Crippen LogP contribution in [0.4, 0.5) is 16.3 Å². The highest BCUT2D eigenvalue weighted by Crippen LogP contribution is 2.47. The fourth-order valence-electron chi connectivity index (χ4n) is 5.16. The van der Waals surface area contributed by atoms with E-state index in [0.29, 0.717) is 55.2 Å². The Labute approximate surface area is 241 Å². The third-order valence-electron chi connectivity index (χ3n) is 7.36. The lowest BCUT2D eigenvalue weighted by Crippen LogP contribution is -2.44. The van der Waals surface area contributed by atoms with Crippen molar-refractivity contribution in [1.82, 2.24) is 25.4 Å². The molecule has 1 aromatic carbocycles. The van der Waals surface area contributed by atoms with Crippen LogP contribution in [-0.2, 0) is 16.6 Å². The molecule has 0 saturated heterocycles. The number of rotatable bonds is 7. The summed E-state index contributed by atoms with van der Waals surface area (Å²) in [6.45, 7) is 3.65. The molecule has 2 aliphatic carbocycles. The zero-order valence-electron chi connectivity index (χ0n) is 22.7. The van der Waals surface area contributed by atoms with Crippen molar-refractivity contribution in [3.8, 4) is 17.7 Å². The molecule has 2 aromatic heterocycles. The number of benzene rings is 1. The molecule has 5 rings (SSSR count). The van der Waals surface area contributed by atoms with E-state index in [9.17, 15) is 14.4 Å². The maximum atomic E-state index is 13.4. The zero-order valence-corrected chi connectivity index (χ0v) is 24.2. The lowest BCUT2D eigenvalue weighted by Gasteiger charge is -2.28. The minimum Gasteiger partial charge on any atom is -0.472 e. The quantitative estimate of drug-likeness (QED) is 0.296. The first-order valence-electron chi connectivity index (χ1n) is 13.4. The minimum atomic E-state index is -0.496. The predicted octanol–water partition coefficient (Wildman–Crippen LogP) is 4.75. The molecule has 11 heteroatoms. The fourth-order valence-corrected chi connectivity index (χ4v) is 5.52. The van der Waals surface area contributed by atoms with E-state index in [0.717, 1.165) is 39.6 Å². The van der Waals surface area contributed by atoms with Gasteiger partial charge in [0.25, 0.3) is 5.88 Å². The molecule has 2 aliphatic rings. The first kappa shape index (κ1) is 27.6. The highest BCUT2D eigenvalue weighted by Gasteiger charge is 2.32. The summed E-state index contributed by atoms with van der Waals surface area (Å²) >= 11 is 3.65. The summed E-state index contributed by atoms with van der Waals surface area (Å²) in [5.74, 6) is 6.34. The highest BCUT2D eigenvalue weighted by atomic mass is 79.9. The number of nitrogens with zero attached hydrogens (tertiary/aromatic N) is 4. The van der Waals surface area contributed by atoms with E-state index in [1.807, 2.05) is 32.2 Å². The molecular formula is C29H31BrN6O4. The number of carbonyl (C=O) groups is 3. The van der Waals surface area contributed by atoms with Crippen LogP contribution in [0.3, 0.4) is 0 Å². The number of ether oxygens (including phenoxy) is 1. The number of aryl methyl sites for hydroxylation is 2. The molecule has 2 fully saturated rings. The van der Waals surface area contributed by atoms with Gasteiger partial charge in [0.1, 0.15) is 11.9 Å². The SMILES string of the molecule is CC#CC(=O)N(c1ccc2c(n1)c(OC1CCC(NC(=O)NC=O)CC1)nn2C)c1cc(C)c(Br)cc1C1CC1. The van der Waals surface area contributed by atoms with E-state index in [1.165, 1.54) is 0 Å². The second kappa shape index (κ2) is 11.7. The molecule has 4 amide bonds. The van der Waals surface area contributed by atoms with Gasteiger partial charge in [0.2, 0.25) is 6.41 Å². The van der Waals surface area contributed by atoms with Crippen LogP contribution in [0.1, 0.15) is 62.5 Å². The van der Waals surface area contributed by atoms with Gasteiger partial charge in [-0.2, -0.15) is 0 Å². The van der Waals surface area contributed by atoms with Crippen molar-refractivity contribution in [3.63, 3.8) is 0 Å². The molecule has 0 radical (unpaired) electrons. The molecule has 0 atom stereocenters. The molecule has 40 heavy (non-hydrogen) atoms. The fraction of sp³-hybridized carbons (Fsp3) is 0.414. The monoisotopic (exact) mass is 606 g/mol. The number of aromatic nitrogens is 3. The molecule has 2 N–H and O–H groups in total. The molecule has 2 saturated carbocycles. The van der Waals surface area contributed by atoms with Crippen molar-refractivity contribution in [1.29, 1.82) is 0 Å². The van der Waals surface area contributed by atoms with Crippen LogP contribution in [0, 0.1) is 18.8 Å². The zero-order chi connectivity index (χ0) is 28.4. The third kappa shape index (κ3) is 5.82. The summed E-state index contributed by atoms with van der Waals surface area (Å²) in [7, 11) is 1.83. The molecule has 0 aliphatic heterocycles. The Morgan fingerprint density at radius 2 is 1.93 bits per heavy atom. The van der Waals surface area contributed by atoms with Gasteiger partial charge in [-0.3, -0.25) is 24.5 Å². The van der Waals surface area contributed by atoms with Crippen LogP contribution < -0.4 is 20.3 Å². The van der Waals surface area contributed by atoms with E-state index in [1.54, 1.807) is 16.5 Å². The first-order valence-corrected chi connectivity index (χ1v) is 14.2. The van der Waals surface area contributed by atoms with Gasteiger partial charge in [0, 0.05) is 17.6 Å². The second-order valence-corrected chi connectivity index (χ2v) is 11.1. The van der Waals surface area contributed by atoms with E-state index in [-0.39, 0.29) is 18.1 Å². The van der Waals surface area contributed by atoms with E-state index >= 15 is 0 Å². The second-order valence-electron chi connectivity index (χ2n) is 10.2.